The molecule has 1 amide bonds. The maximum Gasteiger partial charge on any atom is 0.255 e. The van der Waals surface area contributed by atoms with Crippen LogP contribution in [0, 0.1) is 0 Å². The Kier molecular flexibility index (Phi) is 6.74. The van der Waals surface area contributed by atoms with Gasteiger partial charge >= 0.3 is 0 Å². The van der Waals surface area contributed by atoms with E-state index in [1.54, 1.807) is 24.3 Å². The van der Waals surface area contributed by atoms with E-state index in [1.165, 1.54) is 12.1 Å². The minimum atomic E-state index is -0.960. The van der Waals surface area contributed by atoms with Crippen molar-refractivity contribution < 1.29 is 19.7 Å². The largest absolute Gasteiger partial charge is 0.507 e. The predicted octanol–water partition coefficient (Wildman–Crippen LogP) is 3.63. The highest BCUT2D eigenvalue weighted by Gasteiger charge is 2.14. The molecular formula is C16H14BrCl2NO4. The van der Waals surface area contributed by atoms with Gasteiger partial charge < -0.3 is 20.3 Å². The number of aliphatic hydroxyl groups is 1. The van der Waals surface area contributed by atoms with Gasteiger partial charge in [0.15, 0.2) is 0 Å². The summed E-state index contributed by atoms with van der Waals surface area (Å²) in [6.45, 7) is -0.131. The Bertz CT molecular complexity index is 742. The zero-order chi connectivity index (χ0) is 17.7. The minimum absolute atomic E-state index is 0.0526. The molecule has 0 radical (unpaired) electrons. The van der Waals surface area contributed by atoms with Crippen LogP contribution >= 0.6 is 39.1 Å². The first kappa shape index (κ1) is 18.9. The van der Waals surface area contributed by atoms with Gasteiger partial charge in [-0.1, -0.05) is 45.2 Å². The molecule has 2 aromatic carbocycles. The first-order valence-corrected chi connectivity index (χ1v) is 8.45. The number of amides is 1. The molecule has 0 saturated heterocycles. The molecular weight excluding hydrogens is 421 g/mol. The molecule has 5 nitrogen and oxygen atoms in total. The Balaban J connectivity index is 1.86. The van der Waals surface area contributed by atoms with E-state index in [1.807, 2.05) is 0 Å². The number of halogens is 3. The third-order valence-corrected chi connectivity index (χ3v) is 4.34. The van der Waals surface area contributed by atoms with Crippen molar-refractivity contribution in [1.29, 1.82) is 0 Å². The van der Waals surface area contributed by atoms with Gasteiger partial charge in [0, 0.05) is 11.0 Å². The number of aliphatic hydroxyl groups excluding tert-OH is 1. The minimum Gasteiger partial charge on any atom is -0.507 e. The van der Waals surface area contributed by atoms with Gasteiger partial charge in [0.25, 0.3) is 5.91 Å². The van der Waals surface area contributed by atoms with Crippen LogP contribution in [0.5, 0.6) is 11.5 Å². The van der Waals surface area contributed by atoms with Gasteiger partial charge in [-0.25, -0.2) is 0 Å². The number of nitrogens with one attached hydrogen (secondary N) is 1. The van der Waals surface area contributed by atoms with E-state index < -0.39 is 12.0 Å². The van der Waals surface area contributed by atoms with Crippen molar-refractivity contribution >= 4 is 45.0 Å². The highest BCUT2D eigenvalue weighted by atomic mass is 79.9. The summed E-state index contributed by atoms with van der Waals surface area (Å²) in [5.74, 6) is -0.306. The first-order valence-electron chi connectivity index (χ1n) is 6.90. The molecule has 0 saturated carbocycles. The Hall–Kier alpha value is -1.47. The third kappa shape index (κ3) is 5.01. The van der Waals surface area contributed by atoms with E-state index in [9.17, 15) is 15.0 Å². The number of hydrogen-bond donors (Lipinski definition) is 3. The van der Waals surface area contributed by atoms with Gasteiger partial charge in [0.1, 0.15) is 29.2 Å². The number of benzene rings is 2. The number of ether oxygens (including phenoxy) is 1. The summed E-state index contributed by atoms with van der Waals surface area (Å²) in [5.41, 5.74) is 0.107. The molecule has 3 N–H and O–H groups in total. The van der Waals surface area contributed by atoms with E-state index in [4.69, 9.17) is 27.9 Å². The quantitative estimate of drug-likeness (QED) is 0.648. The maximum atomic E-state index is 12.0. The number of carbonyl (C=O) groups excluding carboxylic acids is 1. The Morgan fingerprint density at radius 2 is 2.04 bits per heavy atom. The smallest absolute Gasteiger partial charge is 0.255 e. The number of hydrogen-bond acceptors (Lipinski definition) is 4. The first-order chi connectivity index (χ1) is 11.4. The lowest BCUT2D eigenvalue weighted by molar-refractivity contribution is 0.0841. The summed E-state index contributed by atoms with van der Waals surface area (Å²) < 4.78 is 6.04. The van der Waals surface area contributed by atoms with E-state index in [2.05, 4.69) is 21.2 Å². The van der Waals surface area contributed by atoms with Crippen LogP contribution in [0.15, 0.2) is 40.9 Å². The standard InChI is InChI=1S/C16H14BrCl2NO4/c17-9-4-5-13(22)11(6-9)16(23)20-7-10(21)8-24-14-3-1-2-12(18)15(14)19/h1-6,10,21-22H,7-8H2,(H,20,23). The van der Waals surface area contributed by atoms with Crippen molar-refractivity contribution in [3.05, 3.63) is 56.5 Å². The van der Waals surface area contributed by atoms with Gasteiger partial charge in [0.05, 0.1) is 10.6 Å². The van der Waals surface area contributed by atoms with Crippen LogP contribution in [0.1, 0.15) is 10.4 Å². The van der Waals surface area contributed by atoms with Crippen LogP contribution in [0.25, 0.3) is 0 Å². The number of carbonyl (C=O) groups is 1. The second-order valence-corrected chi connectivity index (χ2v) is 6.59. The number of phenols is 1. The highest BCUT2D eigenvalue weighted by Crippen LogP contribution is 2.31. The SMILES string of the molecule is O=C(NCC(O)COc1cccc(Cl)c1Cl)c1cc(Br)ccc1O. The molecule has 0 aliphatic rings. The molecule has 0 fully saturated rings. The highest BCUT2D eigenvalue weighted by molar-refractivity contribution is 9.10. The topological polar surface area (TPSA) is 78.8 Å². The van der Waals surface area contributed by atoms with Crippen molar-refractivity contribution in [2.45, 2.75) is 6.10 Å². The second-order valence-electron chi connectivity index (χ2n) is 4.89. The molecule has 128 valence electrons. The monoisotopic (exact) mass is 433 g/mol. The molecule has 0 aliphatic heterocycles. The van der Waals surface area contributed by atoms with Gasteiger partial charge in [-0.15, -0.1) is 0 Å². The summed E-state index contributed by atoms with van der Waals surface area (Å²) in [5, 5.41) is 22.7. The molecule has 2 rings (SSSR count). The Labute approximate surface area is 157 Å². The van der Waals surface area contributed by atoms with Crippen molar-refractivity contribution in [3.8, 4) is 11.5 Å². The van der Waals surface area contributed by atoms with E-state index >= 15 is 0 Å². The van der Waals surface area contributed by atoms with Gasteiger partial charge in [-0.05, 0) is 30.3 Å². The van der Waals surface area contributed by atoms with Crippen LogP contribution < -0.4 is 10.1 Å². The van der Waals surface area contributed by atoms with Crippen LogP contribution in [0.4, 0.5) is 0 Å². The zero-order valence-electron chi connectivity index (χ0n) is 12.3. The van der Waals surface area contributed by atoms with Crippen molar-refractivity contribution in [2.24, 2.45) is 0 Å². The Morgan fingerprint density at radius 1 is 1.29 bits per heavy atom. The summed E-state index contributed by atoms with van der Waals surface area (Å²) in [6.07, 6.45) is -0.960. The summed E-state index contributed by atoms with van der Waals surface area (Å²) in [6, 6.07) is 9.42. The molecule has 0 aromatic heterocycles. The average molecular weight is 435 g/mol. The van der Waals surface area contributed by atoms with Crippen LogP contribution in [0.3, 0.4) is 0 Å². The molecule has 0 heterocycles. The van der Waals surface area contributed by atoms with Crippen LogP contribution in [-0.2, 0) is 0 Å². The summed E-state index contributed by atoms with van der Waals surface area (Å²) >= 11 is 15.1. The molecule has 0 spiro atoms. The lowest BCUT2D eigenvalue weighted by Gasteiger charge is -2.14. The third-order valence-electron chi connectivity index (χ3n) is 3.05. The average Bonchev–Trinajstić information content (AvgIpc) is 2.56. The van der Waals surface area contributed by atoms with Crippen LogP contribution in [-0.4, -0.2) is 35.4 Å². The molecule has 8 heteroatoms. The van der Waals surface area contributed by atoms with Crippen molar-refractivity contribution in [2.75, 3.05) is 13.2 Å². The Morgan fingerprint density at radius 3 is 2.79 bits per heavy atom. The van der Waals surface area contributed by atoms with E-state index in [-0.39, 0.29) is 29.5 Å². The van der Waals surface area contributed by atoms with Gasteiger partial charge in [-0.2, -0.15) is 0 Å². The second kappa shape index (κ2) is 8.58. The van der Waals surface area contributed by atoms with Crippen molar-refractivity contribution in [3.63, 3.8) is 0 Å². The molecule has 0 aliphatic carbocycles. The van der Waals surface area contributed by atoms with Crippen molar-refractivity contribution in [1.82, 2.24) is 5.32 Å². The number of aromatic hydroxyl groups is 1. The van der Waals surface area contributed by atoms with Crippen LogP contribution in [0.2, 0.25) is 10.0 Å². The number of phenolic OH excluding ortho intramolecular Hbond substituents is 1. The predicted molar refractivity (Wildman–Crippen MR) is 96.1 cm³/mol. The summed E-state index contributed by atoms with van der Waals surface area (Å²) in [4.78, 5) is 12.0. The molecule has 1 unspecified atom stereocenters. The maximum absolute atomic E-state index is 12.0. The fourth-order valence-electron chi connectivity index (χ4n) is 1.84. The van der Waals surface area contributed by atoms with E-state index in [0.717, 1.165) is 0 Å². The normalized spacial score (nSPS) is 11.8. The summed E-state index contributed by atoms with van der Waals surface area (Å²) in [7, 11) is 0. The fourth-order valence-corrected chi connectivity index (χ4v) is 2.54. The van der Waals surface area contributed by atoms with Gasteiger partial charge in [-0.3, -0.25) is 4.79 Å². The lowest BCUT2D eigenvalue weighted by atomic mass is 10.2. The lowest BCUT2D eigenvalue weighted by Crippen LogP contribution is -2.35. The molecule has 1 atom stereocenters. The molecule has 0 bridgehead atoms. The van der Waals surface area contributed by atoms with Gasteiger partial charge in [0.2, 0.25) is 0 Å². The fraction of sp³-hybridized carbons (Fsp3) is 0.188. The van der Waals surface area contributed by atoms with E-state index in [0.29, 0.717) is 15.2 Å². The molecule has 2 aromatic rings. The number of rotatable bonds is 6. The zero-order valence-corrected chi connectivity index (χ0v) is 15.4. The molecule has 24 heavy (non-hydrogen) atoms.